The molecule has 0 bridgehead atoms. The van der Waals surface area contributed by atoms with Gasteiger partial charge in [0.25, 0.3) is 0 Å². The Labute approximate surface area is 115 Å². The van der Waals surface area contributed by atoms with Gasteiger partial charge in [0.15, 0.2) is 0 Å². The normalized spacial score (nSPS) is 11.8. The summed E-state index contributed by atoms with van der Waals surface area (Å²) in [6, 6.07) is 7.16. The molecule has 0 spiro atoms. The maximum absolute atomic E-state index is 12.4. The highest BCUT2D eigenvalue weighted by Gasteiger charge is 2.29. The highest BCUT2D eigenvalue weighted by molar-refractivity contribution is 5.24. The van der Waals surface area contributed by atoms with Gasteiger partial charge >= 0.3 is 6.18 Å². The first kappa shape index (κ1) is 14.6. The maximum Gasteiger partial charge on any atom is 0.416 e. The second-order valence-corrected chi connectivity index (χ2v) is 4.57. The van der Waals surface area contributed by atoms with E-state index in [1.807, 2.05) is 13.1 Å². The molecule has 2 aromatic rings. The van der Waals surface area contributed by atoms with Crippen molar-refractivity contribution in [1.29, 1.82) is 0 Å². The van der Waals surface area contributed by atoms with Crippen molar-refractivity contribution in [2.75, 3.05) is 6.54 Å². The number of alkyl halides is 3. The number of benzene rings is 1. The number of hydrogen-bond acceptors (Lipinski definition) is 2. The molecule has 108 valence electrons. The molecule has 0 aliphatic carbocycles. The van der Waals surface area contributed by atoms with E-state index in [-0.39, 0.29) is 0 Å². The van der Waals surface area contributed by atoms with Crippen LogP contribution in [0.15, 0.2) is 36.5 Å². The van der Waals surface area contributed by atoms with Crippen molar-refractivity contribution in [2.45, 2.75) is 19.1 Å². The fraction of sp³-hybridized carbons (Fsp3) is 0.357. The number of nitrogens with zero attached hydrogens (tertiary/aromatic N) is 2. The zero-order valence-corrected chi connectivity index (χ0v) is 11.1. The number of aryl methyl sites for hydroxylation is 1. The average molecular weight is 283 g/mol. The molecule has 0 saturated carbocycles. The lowest BCUT2D eigenvalue weighted by atomic mass is 10.1. The number of rotatable bonds is 5. The zero-order valence-electron chi connectivity index (χ0n) is 11.1. The van der Waals surface area contributed by atoms with Crippen LogP contribution in [-0.4, -0.2) is 16.3 Å². The van der Waals surface area contributed by atoms with Gasteiger partial charge in [0.05, 0.1) is 5.56 Å². The van der Waals surface area contributed by atoms with Crippen molar-refractivity contribution in [3.8, 4) is 0 Å². The summed E-state index contributed by atoms with van der Waals surface area (Å²) < 4.78 is 39.0. The first-order chi connectivity index (χ1) is 9.47. The molecule has 0 aliphatic heterocycles. The van der Waals surface area contributed by atoms with E-state index < -0.39 is 11.7 Å². The largest absolute Gasteiger partial charge is 0.416 e. The molecule has 1 aromatic heterocycles. The van der Waals surface area contributed by atoms with Gasteiger partial charge in [-0.25, -0.2) is 0 Å². The molecule has 0 radical (unpaired) electrons. The Morgan fingerprint density at radius 1 is 1.15 bits per heavy atom. The van der Waals surface area contributed by atoms with Crippen LogP contribution in [0, 0.1) is 0 Å². The molecule has 0 saturated heterocycles. The summed E-state index contributed by atoms with van der Waals surface area (Å²) in [5.74, 6) is 0. The van der Waals surface area contributed by atoms with Crippen LogP contribution in [0.5, 0.6) is 0 Å². The SMILES string of the molecule is Cn1nccc1CCNCc1ccc(C(F)(F)F)cc1. The van der Waals surface area contributed by atoms with Gasteiger partial charge < -0.3 is 5.32 Å². The Balaban J connectivity index is 1.78. The molecule has 0 aliphatic rings. The minimum Gasteiger partial charge on any atom is -0.312 e. The van der Waals surface area contributed by atoms with Crippen LogP contribution in [-0.2, 0) is 26.2 Å². The van der Waals surface area contributed by atoms with Crippen LogP contribution in [0.3, 0.4) is 0 Å². The van der Waals surface area contributed by atoms with E-state index in [1.54, 1.807) is 10.9 Å². The molecule has 3 nitrogen and oxygen atoms in total. The predicted octanol–water partition coefficient (Wildman–Crippen LogP) is 2.77. The second-order valence-electron chi connectivity index (χ2n) is 4.57. The molecule has 0 atom stereocenters. The number of nitrogens with one attached hydrogen (secondary N) is 1. The molecule has 1 heterocycles. The number of halogens is 3. The highest BCUT2D eigenvalue weighted by Crippen LogP contribution is 2.28. The monoisotopic (exact) mass is 283 g/mol. The summed E-state index contributed by atoms with van der Waals surface area (Å²) in [5, 5.41) is 7.27. The summed E-state index contributed by atoms with van der Waals surface area (Å²) in [6.07, 6.45) is -1.70. The van der Waals surface area contributed by atoms with Crippen LogP contribution in [0.2, 0.25) is 0 Å². The summed E-state index contributed by atoms with van der Waals surface area (Å²) >= 11 is 0. The van der Waals surface area contributed by atoms with Crippen molar-refractivity contribution in [1.82, 2.24) is 15.1 Å². The Hall–Kier alpha value is -1.82. The molecule has 1 N–H and O–H groups in total. The number of hydrogen-bond donors (Lipinski definition) is 1. The van der Waals surface area contributed by atoms with Gasteiger partial charge in [-0.15, -0.1) is 0 Å². The molecule has 6 heteroatoms. The van der Waals surface area contributed by atoms with Gasteiger partial charge in [-0.2, -0.15) is 18.3 Å². The van der Waals surface area contributed by atoms with E-state index in [0.29, 0.717) is 6.54 Å². The van der Waals surface area contributed by atoms with Gasteiger partial charge in [-0.05, 0) is 23.8 Å². The lowest BCUT2D eigenvalue weighted by Gasteiger charge is -2.08. The lowest BCUT2D eigenvalue weighted by Crippen LogP contribution is -2.18. The second kappa shape index (κ2) is 6.09. The van der Waals surface area contributed by atoms with Crippen molar-refractivity contribution >= 4 is 0 Å². The van der Waals surface area contributed by atoms with Gasteiger partial charge in [0.1, 0.15) is 0 Å². The smallest absolute Gasteiger partial charge is 0.312 e. The molecule has 2 rings (SSSR count). The summed E-state index contributed by atoms with van der Waals surface area (Å²) in [7, 11) is 1.88. The van der Waals surface area contributed by atoms with E-state index in [9.17, 15) is 13.2 Å². The van der Waals surface area contributed by atoms with E-state index in [2.05, 4.69) is 10.4 Å². The molecule has 0 fully saturated rings. The molecular weight excluding hydrogens is 267 g/mol. The van der Waals surface area contributed by atoms with Crippen molar-refractivity contribution in [2.24, 2.45) is 7.05 Å². The van der Waals surface area contributed by atoms with Crippen LogP contribution < -0.4 is 5.32 Å². The van der Waals surface area contributed by atoms with Gasteiger partial charge in [0.2, 0.25) is 0 Å². The zero-order chi connectivity index (χ0) is 14.6. The Morgan fingerprint density at radius 2 is 1.85 bits per heavy atom. The molecule has 20 heavy (non-hydrogen) atoms. The Morgan fingerprint density at radius 3 is 2.40 bits per heavy atom. The first-order valence-corrected chi connectivity index (χ1v) is 6.30. The summed E-state index contributed by atoms with van der Waals surface area (Å²) in [5.41, 5.74) is 1.34. The van der Waals surface area contributed by atoms with E-state index in [4.69, 9.17) is 0 Å². The van der Waals surface area contributed by atoms with E-state index in [1.165, 1.54) is 12.1 Å². The minimum atomic E-state index is -4.27. The molecular formula is C14H16F3N3. The van der Waals surface area contributed by atoms with Crippen LogP contribution >= 0.6 is 0 Å². The molecule has 0 unspecified atom stereocenters. The lowest BCUT2D eigenvalue weighted by molar-refractivity contribution is -0.137. The van der Waals surface area contributed by atoms with Gasteiger partial charge in [-0.3, -0.25) is 4.68 Å². The topological polar surface area (TPSA) is 29.9 Å². The quantitative estimate of drug-likeness (QED) is 0.855. The minimum absolute atomic E-state index is 0.552. The molecule has 0 amide bonds. The van der Waals surface area contributed by atoms with Crippen LogP contribution in [0.4, 0.5) is 13.2 Å². The van der Waals surface area contributed by atoms with Crippen molar-refractivity contribution < 1.29 is 13.2 Å². The highest BCUT2D eigenvalue weighted by atomic mass is 19.4. The summed E-state index contributed by atoms with van der Waals surface area (Å²) in [6.45, 7) is 1.30. The van der Waals surface area contributed by atoms with Gasteiger partial charge in [-0.1, -0.05) is 12.1 Å². The van der Waals surface area contributed by atoms with Crippen molar-refractivity contribution in [3.05, 3.63) is 53.3 Å². The Bertz CT molecular complexity index is 544. The standard InChI is InChI=1S/C14H16F3N3/c1-20-13(7-9-19-20)6-8-18-10-11-2-4-12(5-3-11)14(15,16)17/h2-5,7,9,18H,6,8,10H2,1H3. The van der Waals surface area contributed by atoms with Crippen LogP contribution in [0.1, 0.15) is 16.8 Å². The van der Waals surface area contributed by atoms with E-state index >= 15 is 0 Å². The van der Waals surface area contributed by atoms with Gasteiger partial charge in [0, 0.05) is 38.4 Å². The maximum atomic E-state index is 12.4. The third kappa shape index (κ3) is 3.84. The average Bonchev–Trinajstić information content (AvgIpc) is 2.80. The van der Waals surface area contributed by atoms with E-state index in [0.717, 1.165) is 36.4 Å². The van der Waals surface area contributed by atoms with Crippen molar-refractivity contribution in [3.63, 3.8) is 0 Å². The fourth-order valence-corrected chi connectivity index (χ4v) is 1.91. The Kier molecular flexibility index (Phi) is 4.44. The van der Waals surface area contributed by atoms with Crippen LogP contribution in [0.25, 0.3) is 0 Å². The summed E-state index contributed by atoms with van der Waals surface area (Å²) in [4.78, 5) is 0. The fourth-order valence-electron chi connectivity index (χ4n) is 1.91. The molecule has 1 aromatic carbocycles. The predicted molar refractivity (Wildman–Crippen MR) is 70.1 cm³/mol. The third-order valence-electron chi connectivity index (χ3n) is 3.09. The first-order valence-electron chi connectivity index (χ1n) is 6.30. The third-order valence-corrected chi connectivity index (χ3v) is 3.09. The number of aromatic nitrogens is 2.